The Morgan fingerprint density at radius 1 is 1.03 bits per heavy atom. The van der Waals surface area contributed by atoms with Gasteiger partial charge in [0.05, 0.1) is 18.2 Å². The minimum Gasteiger partial charge on any atom is -0.376 e. The number of carbonyl (C=O) groups is 2. The molecule has 3 rings (SSSR count). The number of aromatic nitrogens is 1. The van der Waals surface area contributed by atoms with Crippen molar-refractivity contribution in [2.45, 2.75) is 20.4 Å². The van der Waals surface area contributed by atoms with E-state index in [0.29, 0.717) is 30.9 Å². The molecule has 0 aliphatic heterocycles. The minimum absolute atomic E-state index is 0.0868. The summed E-state index contributed by atoms with van der Waals surface area (Å²) in [4.78, 5) is 26.4. The van der Waals surface area contributed by atoms with Crippen molar-refractivity contribution in [1.29, 1.82) is 5.26 Å². The molecule has 2 aromatic carbocycles. The number of likely N-dealkylation sites (N-methyl/N-ethyl adjacent to an activating group) is 1. The zero-order valence-corrected chi connectivity index (χ0v) is 17.2. The Morgan fingerprint density at radius 3 is 2.40 bits per heavy atom. The van der Waals surface area contributed by atoms with E-state index in [-0.39, 0.29) is 18.4 Å². The van der Waals surface area contributed by atoms with Gasteiger partial charge in [0.2, 0.25) is 11.8 Å². The van der Waals surface area contributed by atoms with Gasteiger partial charge in [0.25, 0.3) is 0 Å². The lowest BCUT2D eigenvalue weighted by Crippen LogP contribution is -2.33. The zero-order chi connectivity index (χ0) is 21.5. The number of rotatable bonds is 8. The third-order valence-electron chi connectivity index (χ3n) is 4.94. The second kappa shape index (κ2) is 9.61. The second-order valence-electron chi connectivity index (χ2n) is 6.87. The van der Waals surface area contributed by atoms with Crippen molar-refractivity contribution < 1.29 is 9.59 Å². The van der Waals surface area contributed by atoms with E-state index in [9.17, 15) is 9.59 Å². The topological polar surface area (TPSA) is 90.2 Å². The first-order valence-corrected chi connectivity index (χ1v) is 9.94. The van der Waals surface area contributed by atoms with Crippen LogP contribution in [0, 0.1) is 11.3 Å². The highest BCUT2D eigenvalue weighted by Gasteiger charge is 2.12. The molecule has 0 spiro atoms. The molecule has 0 saturated carbocycles. The van der Waals surface area contributed by atoms with Crippen LogP contribution in [-0.2, 0) is 16.1 Å². The van der Waals surface area contributed by atoms with Gasteiger partial charge in [-0.15, -0.1) is 0 Å². The lowest BCUT2D eigenvalue weighted by atomic mass is 10.2. The Kier molecular flexibility index (Phi) is 6.71. The molecule has 0 aliphatic carbocycles. The maximum Gasteiger partial charge on any atom is 0.243 e. The van der Waals surface area contributed by atoms with E-state index < -0.39 is 0 Å². The highest BCUT2D eigenvalue weighted by molar-refractivity contribution is 5.96. The van der Waals surface area contributed by atoms with Gasteiger partial charge in [-0.25, -0.2) is 0 Å². The lowest BCUT2D eigenvalue weighted by molar-refractivity contribution is -0.131. The fourth-order valence-electron chi connectivity index (χ4n) is 3.29. The van der Waals surface area contributed by atoms with E-state index in [2.05, 4.69) is 16.7 Å². The number of nitrogens with one attached hydrogen (secondary N) is 2. The van der Waals surface area contributed by atoms with Gasteiger partial charge in [0.15, 0.2) is 0 Å². The van der Waals surface area contributed by atoms with Gasteiger partial charge >= 0.3 is 0 Å². The second-order valence-corrected chi connectivity index (χ2v) is 6.87. The van der Waals surface area contributed by atoms with Crippen LogP contribution in [0.4, 0.5) is 11.4 Å². The molecule has 1 aromatic heterocycles. The molecule has 2 N–H and O–H groups in total. The monoisotopic (exact) mass is 403 g/mol. The Balaban J connectivity index is 1.61. The van der Waals surface area contributed by atoms with Crippen LogP contribution in [0.15, 0.2) is 54.7 Å². The fraction of sp³-hybridized carbons (Fsp3) is 0.261. The molecule has 30 heavy (non-hydrogen) atoms. The third kappa shape index (κ3) is 4.97. The molecule has 0 radical (unpaired) electrons. The summed E-state index contributed by atoms with van der Waals surface area (Å²) in [6.45, 7) is 5.75. The highest BCUT2D eigenvalue weighted by Crippen LogP contribution is 2.21. The van der Waals surface area contributed by atoms with Crippen LogP contribution < -0.4 is 10.6 Å². The molecule has 7 heteroatoms. The molecular weight excluding hydrogens is 378 g/mol. The van der Waals surface area contributed by atoms with E-state index in [0.717, 1.165) is 16.6 Å². The Morgan fingerprint density at radius 2 is 1.73 bits per heavy atom. The van der Waals surface area contributed by atoms with Gasteiger partial charge in [0.1, 0.15) is 6.54 Å². The van der Waals surface area contributed by atoms with Gasteiger partial charge in [-0.2, -0.15) is 5.26 Å². The van der Waals surface area contributed by atoms with Gasteiger partial charge in [-0.3, -0.25) is 9.59 Å². The average molecular weight is 403 g/mol. The number of fused-ring (bicyclic) bond motifs is 1. The Bertz CT molecular complexity index is 1080. The van der Waals surface area contributed by atoms with Gasteiger partial charge in [-0.1, -0.05) is 0 Å². The summed E-state index contributed by atoms with van der Waals surface area (Å²) in [5.74, 6) is -0.0846. The summed E-state index contributed by atoms with van der Waals surface area (Å²) in [6.07, 6.45) is 1.89. The van der Waals surface area contributed by atoms with Gasteiger partial charge < -0.3 is 20.1 Å². The van der Waals surface area contributed by atoms with E-state index >= 15 is 0 Å². The fourth-order valence-corrected chi connectivity index (χ4v) is 3.29. The first-order chi connectivity index (χ1) is 14.5. The van der Waals surface area contributed by atoms with Crippen LogP contribution in [0.25, 0.3) is 10.9 Å². The van der Waals surface area contributed by atoms with E-state index in [1.165, 1.54) is 0 Å². The molecule has 1 heterocycles. The number of hydrogen-bond acceptors (Lipinski definition) is 4. The van der Waals surface area contributed by atoms with Crippen LogP contribution in [0.5, 0.6) is 0 Å². The summed E-state index contributed by atoms with van der Waals surface area (Å²) < 4.78 is 1.92. The standard InChI is InChI=1S/C23H25N5O2/c1-3-27(4-2)23(30)16-28-12-11-18-13-20(9-10-21(18)28)26-22(29)15-25-19-7-5-17(14-24)6-8-19/h5-13,25H,3-4,15-16H2,1-2H3,(H,26,29). The molecule has 154 valence electrons. The predicted octanol–water partition coefficient (Wildman–Crippen LogP) is 3.43. The first-order valence-electron chi connectivity index (χ1n) is 9.94. The van der Waals surface area contributed by atoms with Crippen LogP contribution in [0.3, 0.4) is 0 Å². The number of nitriles is 1. The summed E-state index contributed by atoms with van der Waals surface area (Å²) in [5.41, 5.74) is 2.99. The molecular formula is C23H25N5O2. The van der Waals surface area contributed by atoms with Crippen molar-refractivity contribution in [2.24, 2.45) is 0 Å². The Labute approximate surface area is 175 Å². The SMILES string of the molecule is CCN(CC)C(=O)Cn1ccc2cc(NC(=O)CNc3ccc(C#N)cc3)ccc21. The van der Waals surface area contributed by atoms with Crippen molar-refractivity contribution >= 4 is 34.1 Å². The van der Waals surface area contributed by atoms with Crippen molar-refractivity contribution in [2.75, 3.05) is 30.3 Å². The number of nitrogens with zero attached hydrogens (tertiary/aromatic N) is 3. The van der Waals surface area contributed by atoms with Crippen LogP contribution in [0.1, 0.15) is 19.4 Å². The number of amides is 2. The zero-order valence-electron chi connectivity index (χ0n) is 17.2. The molecule has 2 amide bonds. The number of hydrogen-bond donors (Lipinski definition) is 2. The molecule has 7 nitrogen and oxygen atoms in total. The molecule has 3 aromatic rings. The van der Waals surface area contributed by atoms with Crippen molar-refractivity contribution in [3.63, 3.8) is 0 Å². The summed E-state index contributed by atoms with van der Waals surface area (Å²) in [5, 5.41) is 15.7. The first kappa shape index (κ1) is 20.9. The number of benzene rings is 2. The van der Waals surface area contributed by atoms with Gasteiger partial charge in [-0.05, 0) is 62.4 Å². The smallest absolute Gasteiger partial charge is 0.243 e. The maximum absolute atomic E-state index is 12.4. The largest absolute Gasteiger partial charge is 0.376 e. The molecule has 0 aliphatic rings. The van der Waals surface area contributed by atoms with E-state index in [1.807, 2.05) is 48.9 Å². The van der Waals surface area contributed by atoms with Crippen LogP contribution in [0.2, 0.25) is 0 Å². The summed E-state index contributed by atoms with van der Waals surface area (Å²) in [6, 6.07) is 16.6. The van der Waals surface area contributed by atoms with Crippen LogP contribution in [-0.4, -0.2) is 40.9 Å². The molecule has 0 atom stereocenters. The highest BCUT2D eigenvalue weighted by atomic mass is 16.2. The van der Waals surface area contributed by atoms with Crippen molar-refractivity contribution in [1.82, 2.24) is 9.47 Å². The summed E-state index contributed by atoms with van der Waals surface area (Å²) in [7, 11) is 0. The summed E-state index contributed by atoms with van der Waals surface area (Å²) >= 11 is 0. The lowest BCUT2D eigenvalue weighted by Gasteiger charge is -2.19. The van der Waals surface area contributed by atoms with Gasteiger partial charge in [0, 0.05) is 41.6 Å². The number of anilines is 2. The molecule has 0 bridgehead atoms. The number of carbonyl (C=O) groups excluding carboxylic acids is 2. The maximum atomic E-state index is 12.4. The molecule has 0 saturated heterocycles. The van der Waals surface area contributed by atoms with E-state index in [4.69, 9.17) is 5.26 Å². The Hall–Kier alpha value is -3.79. The predicted molar refractivity (Wildman–Crippen MR) is 118 cm³/mol. The third-order valence-corrected chi connectivity index (χ3v) is 4.94. The van der Waals surface area contributed by atoms with Crippen LogP contribution >= 0.6 is 0 Å². The minimum atomic E-state index is -0.171. The molecule has 0 unspecified atom stereocenters. The normalized spacial score (nSPS) is 10.4. The van der Waals surface area contributed by atoms with Crippen molar-refractivity contribution in [3.05, 3.63) is 60.3 Å². The quantitative estimate of drug-likeness (QED) is 0.603. The van der Waals surface area contributed by atoms with E-state index in [1.54, 1.807) is 29.2 Å². The molecule has 0 fully saturated rings. The van der Waals surface area contributed by atoms with Crippen molar-refractivity contribution in [3.8, 4) is 6.07 Å². The average Bonchev–Trinajstić information content (AvgIpc) is 3.15.